The number of sulfonamides is 1. The van der Waals surface area contributed by atoms with Crippen molar-refractivity contribution in [3.8, 4) is 5.75 Å². The SMILES string of the molecule is COc1cc(S(=O)(=O)NCCNC(=O)OC(C)(C)C)ccc1N. The lowest BCUT2D eigenvalue weighted by Gasteiger charge is -2.19. The maximum absolute atomic E-state index is 12.1. The van der Waals surface area contributed by atoms with E-state index in [2.05, 4.69) is 10.0 Å². The third kappa shape index (κ3) is 6.33. The highest BCUT2D eigenvalue weighted by atomic mass is 32.2. The second-order valence-electron chi connectivity index (χ2n) is 5.73. The fourth-order valence-corrected chi connectivity index (χ4v) is 2.65. The van der Waals surface area contributed by atoms with Crippen LogP contribution in [0.25, 0.3) is 0 Å². The van der Waals surface area contributed by atoms with Crippen molar-refractivity contribution in [2.75, 3.05) is 25.9 Å². The molecule has 0 aliphatic rings. The molecular weight excluding hydrogens is 322 g/mol. The maximum Gasteiger partial charge on any atom is 0.407 e. The van der Waals surface area contributed by atoms with Gasteiger partial charge in [0, 0.05) is 19.2 Å². The van der Waals surface area contributed by atoms with Crippen molar-refractivity contribution in [3.05, 3.63) is 18.2 Å². The molecule has 0 saturated carbocycles. The van der Waals surface area contributed by atoms with Crippen LogP contribution in [-0.2, 0) is 14.8 Å². The lowest BCUT2D eigenvalue weighted by atomic mass is 10.2. The Morgan fingerprint density at radius 3 is 2.48 bits per heavy atom. The summed E-state index contributed by atoms with van der Waals surface area (Å²) >= 11 is 0. The minimum Gasteiger partial charge on any atom is -0.495 e. The predicted molar refractivity (Wildman–Crippen MR) is 86.8 cm³/mol. The van der Waals surface area contributed by atoms with Crippen LogP contribution in [0.2, 0.25) is 0 Å². The van der Waals surface area contributed by atoms with Gasteiger partial charge in [-0.25, -0.2) is 17.9 Å². The lowest BCUT2D eigenvalue weighted by Crippen LogP contribution is -2.37. The number of nitrogens with two attached hydrogens (primary N) is 1. The Morgan fingerprint density at radius 2 is 1.91 bits per heavy atom. The Morgan fingerprint density at radius 1 is 1.26 bits per heavy atom. The molecule has 1 aromatic rings. The highest BCUT2D eigenvalue weighted by Crippen LogP contribution is 2.24. The normalized spacial score (nSPS) is 11.8. The lowest BCUT2D eigenvalue weighted by molar-refractivity contribution is 0.0529. The van der Waals surface area contributed by atoms with Gasteiger partial charge in [-0.05, 0) is 32.9 Å². The standard InChI is InChI=1S/C14H23N3O5S/c1-14(2,3)22-13(18)16-7-8-17-23(19,20)10-5-6-11(15)12(9-10)21-4/h5-6,9,17H,7-8,15H2,1-4H3,(H,16,18). The molecule has 0 atom stereocenters. The van der Waals surface area contributed by atoms with Crippen LogP contribution in [0.1, 0.15) is 20.8 Å². The number of ether oxygens (including phenoxy) is 2. The molecule has 0 aliphatic heterocycles. The first-order valence-electron chi connectivity index (χ1n) is 6.95. The van der Waals surface area contributed by atoms with Gasteiger partial charge in [0.1, 0.15) is 11.4 Å². The monoisotopic (exact) mass is 345 g/mol. The molecule has 0 radical (unpaired) electrons. The zero-order valence-corrected chi connectivity index (χ0v) is 14.5. The van der Waals surface area contributed by atoms with E-state index in [1.165, 1.54) is 25.3 Å². The van der Waals surface area contributed by atoms with Gasteiger partial charge >= 0.3 is 6.09 Å². The van der Waals surface area contributed by atoms with Crippen molar-refractivity contribution in [2.24, 2.45) is 0 Å². The molecule has 1 aromatic carbocycles. The third-order valence-corrected chi connectivity index (χ3v) is 4.06. The third-order valence-electron chi connectivity index (χ3n) is 2.60. The minimum atomic E-state index is -3.72. The number of alkyl carbamates (subject to hydrolysis) is 1. The first-order chi connectivity index (χ1) is 10.5. The van der Waals surface area contributed by atoms with E-state index in [4.69, 9.17) is 15.2 Å². The van der Waals surface area contributed by atoms with E-state index in [0.717, 1.165) is 0 Å². The summed E-state index contributed by atoms with van der Waals surface area (Å²) in [6.45, 7) is 5.34. The molecule has 0 aromatic heterocycles. The second-order valence-corrected chi connectivity index (χ2v) is 7.50. The number of amides is 1. The summed E-state index contributed by atoms with van der Waals surface area (Å²) in [6.07, 6.45) is -0.606. The fraction of sp³-hybridized carbons (Fsp3) is 0.500. The molecule has 1 rings (SSSR count). The average molecular weight is 345 g/mol. The predicted octanol–water partition coefficient (Wildman–Crippen LogP) is 1.08. The molecule has 1 amide bonds. The molecular formula is C14H23N3O5S. The molecule has 4 N–H and O–H groups in total. The summed E-state index contributed by atoms with van der Waals surface area (Å²) < 4.78 is 36.7. The number of carbonyl (C=O) groups is 1. The summed E-state index contributed by atoms with van der Waals surface area (Å²) in [4.78, 5) is 11.5. The Balaban J connectivity index is 2.55. The maximum atomic E-state index is 12.1. The Bertz CT molecular complexity index is 653. The highest BCUT2D eigenvalue weighted by Gasteiger charge is 2.17. The molecule has 9 heteroatoms. The van der Waals surface area contributed by atoms with E-state index in [9.17, 15) is 13.2 Å². The molecule has 0 fully saturated rings. The van der Waals surface area contributed by atoms with E-state index >= 15 is 0 Å². The Kier molecular flexibility index (Phi) is 6.22. The zero-order valence-electron chi connectivity index (χ0n) is 13.7. The summed E-state index contributed by atoms with van der Waals surface area (Å²) in [5.74, 6) is 0.278. The van der Waals surface area contributed by atoms with Gasteiger partial charge < -0.3 is 20.5 Å². The van der Waals surface area contributed by atoms with Crippen LogP contribution in [0.5, 0.6) is 5.75 Å². The summed E-state index contributed by atoms with van der Waals surface area (Å²) in [5, 5.41) is 2.46. The number of methoxy groups -OCH3 is 1. The van der Waals surface area contributed by atoms with Crippen LogP contribution >= 0.6 is 0 Å². The van der Waals surface area contributed by atoms with Gasteiger partial charge in [-0.3, -0.25) is 0 Å². The molecule has 0 bridgehead atoms. The molecule has 0 unspecified atom stereocenters. The van der Waals surface area contributed by atoms with Crippen LogP contribution < -0.4 is 20.5 Å². The number of nitrogens with one attached hydrogen (secondary N) is 2. The van der Waals surface area contributed by atoms with Gasteiger partial charge in [0.15, 0.2) is 0 Å². The fourth-order valence-electron chi connectivity index (χ4n) is 1.61. The van der Waals surface area contributed by atoms with Crippen molar-refractivity contribution in [3.63, 3.8) is 0 Å². The van der Waals surface area contributed by atoms with Crippen LogP contribution in [-0.4, -0.2) is 40.3 Å². The van der Waals surface area contributed by atoms with Gasteiger partial charge in [0.2, 0.25) is 10.0 Å². The van der Waals surface area contributed by atoms with Crippen molar-refractivity contribution < 1.29 is 22.7 Å². The topological polar surface area (TPSA) is 120 Å². The smallest absolute Gasteiger partial charge is 0.407 e. The summed E-state index contributed by atoms with van der Waals surface area (Å²) in [6, 6.07) is 4.16. The highest BCUT2D eigenvalue weighted by molar-refractivity contribution is 7.89. The second kappa shape index (κ2) is 7.51. The quantitative estimate of drug-likeness (QED) is 0.524. The van der Waals surface area contributed by atoms with Crippen molar-refractivity contribution >= 4 is 21.8 Å². The average Bonchev–Trinajstić information content (AvgIpc) is 2.42. The molecule has 8 nitrogen and oxygen atoms in total. The van der Waals surface area contributed by atoms with E-state index in [-0.39, 0.29) is 23.7 Å². The van der Waals surface area contributed by atoms with E-state index in [0.29, 0.717) is 5.69 Å². The number of carbonyl (C=O) groups excluding carboxylic acids is 1. The van der Waals surface area contributed by atoms with Gasteiger partial charge in [-0.1, -0.05) is 0 Å². The van der Waals surface area contributed by atoms with Crippen molar-refractivity contribution in [1.82, 2.24) is 10.0 Å². The molecule has 0 spiro atoms. The largest absolute Gasteiger partial charge is 0.495 e. The van der Waals surface area contributed by atoms with Crippen molar-refractivity contribution in [2.45, 2.75) is 31.3 Å². The Hall–Kier alpha value is -2.00. The molecule has 0 aliphatic carbocycles. The number of benzene rings is 1. The molecule has 130 valence electrons. The van der Waals surface area contributed by atoms with Crippen LogP contribution in [0.15, 0.2) is 23.1 Å². The number of hydrogen-bond donors (Lipinski definition) is 3. The van der Waals surface area contributed by atoms with Crippen LogP contribution in [0, 0.1) is 0 Å². The zero-order chi connectivity index (χ0) is 17.7. The van der Waals surface area contributed by atoms with Gasteiger partial charge in [0.25, 0.3) is 0 Å². The number of anilines is 1. The van der Waals surface area contributed by atoms with Crippen LogP contribution in [0.3, 0.4) is 0 Å². The summed E-state index contributed by atoms with van der Waals surface area (Å²) in [5.41, 5.74) is 5.39. The summed E-state index contributed by atoms with van der Waals surface area (Å²) in [7, 11) is -2.32. The minimum absolute atomic E-state index is 0.0221. The van der Waals surface area contributed by atoms with E-state index in [1.54, 1.807) is 20.8 Å². The first-order valence-corrected chi connectivity index (χ1v) is 8.43. The van der Waals surface area contributed by atoms with Gasteiger partial charge in [-0.15, -0.1) is 0 Å². The number of hydrogen-bond acceptors (Lipinski definition) is 6. The molecule has 0 saturated heterocycles. The van der Waals surface area contributed by atoms with Crippen LogP contribution in [0.4, 0.5) is 10.5 Å². The van der Waals surface area contributed by atoms with Crippen molar-refractivity contribution in [1.29, 1.82) is 0 Å². The van der Waals surface area contributed by atoms with E-state index < -0.39 is 21.7 Å². The molecule has 23 heavy (non-hydrogen) atoms. The number of nitrogen functional groups attached to an aromatic ring is 1. The van der Waals surface area contributed by atoms with Gasteiger partial charge in [0.05, 0.1) is 17.7 Å². The number of rotatable bonds is 6. The van der Waals surface area contributed by atoms with E-state index in [1.807, 2.05) is 0 Å². The Labute approximate surface area is 136 Å². The van der Waals surface area contributed by atoms with Gasteiger partial charge in [-0.2, -0.15) is 0 Å². The molecule has 0 heterocycles. The first kappa shape index (κ1) is 19.0.